The molecule has 16 heavy (non-hydrogen) atoms. The van der Waals surface area contributed by atoms with Gasteiger partial charge in [-0.1, -0.05) is 31.0 Å². The summed E-state index contributed by atoms with van der Waals surface area (Å²) in [6.45, 7) is 2.08. The van der Waals surface area contributed by atoms with Gasteiger partial charge in [0, 0.05) is 16.2 Å². The monoisotopic (exact) mass is 235 g/mol. The van der Waals surface area contributed by atoms with Crippen LogP contribution in [0.25, 0.3) is 0 Å². The van der Waals surface area contributed by atoms with E-state index in [9.17, 15) is 0 Å². The smallest absolute Gasteiger partial charge is 0.0107 e. The summed E-state index contributed by atoms with van der Waals surface area (Å²) >= 11 is 2.06. The minimum Gasteiger partial charge on any atom is -0.328 e. The zero-order valence-electron chi connectivity index (χ0n) is 9.99. The highest BCUT2D eigenvalue weighted by molar-refractivity contribution is 8.00. The van der Waals surface area contributed by atoms with E-state index in [-0.39, 0.29) is 6.04 Å². The fraction of sp³-hybridized carbons (Fsp3) is 0.571. The van der Waals surface area contributed by atoms with E-state index >= 15 is 0 Å². The zero-order valence-corrected chi connectivity index (χ0v) is 10.8. The van der Waals surface area contributed by atoms with Crippen molar-refractivity contribution >= 4 is 11.8 Å². The van der Waals surface area contributed by atoms with Crippen molar-refractivity contribution in [2.75, 3.05) is 0 Å². The third-order valence-electron chi connectivity index (χ3n) is 3.11. The van der Waals surface area contributed by atoms with E-state index in [1.807, 2.05) is 0 Å². The molecule has 2 heteroatoms. The van der Waals surface area contributed by atoms with E-state index in [0.29, 0.717) is 0 Å². The summed E-state index contributed by atoms with van der Waals surface area (Å²) in [4.78, 5) is 1.45. The predicted octanol–water partition coefficient (Wildman–Crippen LogP) is 3.61. The molecule has 2 N–H and O–H groups in total. The van der Waals surface area contributed by atoms with Gasteiger partial charge < -0.3 is 5.73 Å². The van der Waals surface area contributed by atoms with Crippen LogP contribution in [0.1, 0.15) is 38.2 Å². The van der Waals surface area contributed by atoms with Crippen LogP contribution in [0, 0.1) is 0 Å². The predicted molar refractivity (Wildman–Crippen MR) is 71.9 cm³/mol. The van der Waals surface area contributed by atoms with Crippen LogP contribution < -0.4 is 5.73 Å². The molecule has 0 heterocycles. The highest BCUT2D eigenvalue weighted by Gasteiger charge is 2.17. The Morgan fingerprint density at radius 2 is 2.00 bits per heavy atom. The van der Waals surface area contributed by atoms with Crippen molar-refractivity contribution in [3.63, 3.8) is 0 Å². The Kier molecular flexibility index (Phi) is 4.30. The molecule has 1 aliphatic carbocycles. The Balaban J connectivity index is 2.06. The molecule has 0 radical (unpaired) electrons. The first-order chi connectivity index (χ1) is 7.75. The molecule has 0 aliphatic heterocycles. The molecule has 0 amide bonds. The molecular weight excluding hydrogens is 214 g/mol. The highest BCUT2D eigenvalue weighted by atomic mass is 32.2. The Labute approximate surface area is 103 Å². The molecule has 0 spiro atoms. The first-order valence-corrected chi connectivity index (χ1v) is 7.14. The second-order valence-electron chi connectivity index (χ2n) is 4.81. The second-order valence-corrected chi connectivity index (χ2v) is 6.16. The van der Waals surface area contributed by atoms with Crippen LogP contribution in [0.3, 0.4) is 0 Å². The summed E-state index contributed by atoms with van der Waals surface area (Å²) in [5.74, 6) is 0. The van der Waals surface area contributed by atoms with Gasteiger partial charge in [0.15, 0.2) is 0 Å². The van der Waals surface area contributed by atoms with E-state index in [2.05, 4.69) is 43.0 Å². The second kappa shape index (κ2) is 5.74. The van der Waals surface area contributed by atoms with Crippen molar-refractivity contribution in [1.29, 1.82) is 0 Å². The van der Waals surface area contributed by atoms with E-state index in [0.717, 1.165) is 11.7 Å². The zero-order chi connectivity index (χ0) is 11.4. The first-order valence-electron chi connectivity index (χ1n) is 6.26. The average molecular weight is 235 g/mol. The maximum absolute atomic E-state index is 5.89. The van der Waals surface area contributed by atoms with Gasteiger partial charge in [0.2, 0.25) is 0 Å². The van der Waals surface area contributed by atoms with Crippen LogP contribution in [0.2, 0.25) is 0 Å². The third kappa shape index (κ3) is 3.26. The minimum absolute atomic E-state index is 0.255. The highest BCUT2D eigenvalue weighted by Crippen LogP contribution is 2.36. The number of nitrogens with two attached hydrogens (primary N) is 1. The van der Waals surface area contributed by atoms with Crippen LogP contribution in [-0.2, 0) is 6.42 Å². The standard InChI is InChI=1S/C14H21NS/c1-11(15)10-12-6-2-5-9-14(12)16-13-7-3-4-8-13/h2,5-6,9,11,13H,3-4,7-8,10,15H2,1H3. The summed E-state index contributed by atoms with van der Waals surface area (Å²) in [7, 11) is 0. The van der Waals surface area contributed by atoms with Crippen LogP contribution in [-0.4, -0.2) is 11.3 Å². The van der Waals surface area contributed by atoms with Gasteiger partial charge >= 0.3 is 0 Å². The Bertz CT molecular complexity index is 329. The van der Waals surface area contributed by atoms with Gasteiger partial charge in [0.25, 0.3) is 0 Å². The van der Waals surface area contributed by atoms with Crippen molar-refractivity contribution in [3.8, 4) is 0 Å². The molecule has 1 unspecified atom stereocenters. The van der Waals surface area contributed by atoms with E-state index in [4.69, 9.17) is 5.73 Å². The molecule has 88 valence electrons. The third-order valence-corrected chi connectivity index (χ3v) is 4.57. The molecule has 1 aliphatic rings. The molecule has 1 aromatic carbocycles. The maximum atomic E-state index is 5.89. The lowest BCUT2D eigenvalue weighted by molar-refractivity contribution is 0.729. The van der Waals surface area contributed by atoms with Gasteiger partial charge in [-0.15, -0.1) is 11.8 Å². The molecular formula is C14H21NS. The molecule has 0 saturated heterocycles. The van der Waals surface area contributed by atoms with Gasteiger partial charge in [-0.25, -0.2) is 0 Å². The SMILES string of the molecule is CC(N)Cc1ccccc1SC1CCCC1. The molecule has 0 bridgehead atoms. The minimum atomic E-state index is 0.255. The van der Waals surface area contributed by atoms with Crippen LogP contribution in [0.5, 0.6) is 0 Å². The molecule has 1 saturated carbocycles. The van der Waals surface area contributed by atoms with E-state index in [1.165, 1.54) is 36.1 Å². The molecule has 1 atom stereocenters. The molecule has 0 aromatic heterocycles. The molecule has 1 fully saturated rings. The van der Waals surface area contributed by atoms with Crippen molar-refractivity contribution < 1.29 is 0 Å². The molecule has 1 nitrogen and oxygen atoms in total. The van der Waals surface area contributed by atoms with Crippen molar-refractivity contribution in [2.24, 2.45) is 5.73 Å². The number of thioether (sulfide) groups is 1. The van der Waals surface area contributed by atoms with Crippen LogP contribution in [0.4, 0.5) is 0 Å². The summed E-state index contributed by atoms with van der Waals surface area (Å²) in [6, 6.07) is 8.99. The van der Waals surface area contributed by atoms with Gasteiger partial charge in [-0.2, -0.15) is 0 Å². The largest absolute Gasteiger partial charge is 0.328 e. The Morgan fingerprint density at radius 3 is 2.69 bits per heavy atom. The summed E-state index contributed by atoms with van der Waals surface area (Å²) in [5, 5.41) is 0.842. The number of benzene rings is 1. The quantitative estimate of drug-likeness (QED) is 0.862. The first kappa shape index (κ1) is 12.0. The number of hydrogen-bond acceptors (Lipinski definition) is 2. The van der Waals surface area contributed by atoms with E-state index < -0.39 is 0 Å². The van der Waals surface area contributed by atoms with E-state index in [1.54, 1.807) is 0 Å². The van der Waals surface area contributed by atoms with Gasteiger partial charge in [-0.05, 0) is 37.8 Å². The van der Waals surface area contributed by atoms with Crippen molar-refractivity contribution in [2.45, 2.75) is 55.2 Å². The van der Waals surface area contributed by atoms with Crippen LogP contribution >= 0.6 is 11.8 Å². The fourth-order valence-corrected chi connectivity index (χ4v) is 3.71. The maximum Gasteiger partial charge on any atom is 0.0107 e. The molecule has 1 aromatic rings. The summed E-state index contributed by atoms with van der Waals surface area (Å²) in [6.07, 6.45) is 6.59. The van der Waals surface area contributed by atoms with Gasteiger partial charge in [0.05, 0.1) is 0 Å². The van der Waals surface area contributed by atoms with Crippen molar-refractivity contribution in [3.05, 3.63) is 29.8 Å². The lowest BCUT2D eigenvalue weighted by Gasteiger charge is -2.14. The fourth-order valence-electron chi connectivity index (χ4n) is 2.32. The number of rotatable bonds is 4. The number of hydrogen-bond donors (Lipinski definition) is 1. The Hall–Kier alpha value is -0.470. The van der Waals surface area contributed by atoms with Crippen LogP contribution in [0.15, 0.2) is 29.2 Å². The van der Waals surface area contributed by atoms with Crippen molar-refractivity contribution in [1.82, 2.24) is 0 Å². The summed E-state index contributed by atoms with van der Waals surface area (Å²) < 4.78 is 0. The Morgan fingerprint density at radius 1 is 1.31 bits per heavy atom. The topological polar surface area (TPSA) is 26.0 Å². The average Bonchev–Trinajstić information content (AvgIpc) is 2.73. The molecule has 2 rings (SSSR count). The van der Waals surface area contributed by atoms with Gasteiger partial charge in [-0.3, -0.25) is 0 Å². The normalized spacial score (nSPS) is 18.9. The lowest BCUT2D eigenvalue weighted by Crippen LogP contribution is -2.18. The van der Waals surface area contributed by atoms with Gasteiger partial charge in [0.1, 0.15) is 0 Å². The lowest BCUT2D eigenvalue weighted by atomic mass is 10.1. The summed E-state index contributed by atoms with van der Waals surface area (Å²) in [5.41, 5.74) is 7.32.